The fourth-order valence-corrected chi connectivity index (χ4v) is 1.69. The Bertz CT molecular complexity index is 152. The lowest BCUT2D eigenvalue weighted by molar-refractivity contribution is -0.122. The maximum atomic E-state index is 10.9. The lowest BCUT2D eigenvalue weighted by Crippen LogP contribution is -2.38. The van der Waals surface area contributed by atoms with Gasteiger partial charge in [-0.2, -0.15) is 0 Å². The van der Waals surface area contributed by atoms with E-state index in [-0.39, 0.29) is 30.3 Å². The number of hydrogen-bond acceptors (Lipinski definition) is 2. The molecule has 72 valence electrons. The summed E-state index contributed by atoms with van der Waals surface area (Å²) in [6, 6.07) is 0.00926. The Morgan fingerprint density at radius 1 is 1.17 bits per heavy atom. The van der Waals surface area contributed by atoms with E-state index in [1.807, 2.05) is 0 Å². The molecule has 1 saturated carbocycles. The molecule has 0 aromatic carbocycles. The van der Waals surface area contributed by atoms with Gasteiger partial charge in [0.2, 0.25) is 5.91 Å². The third kappa shape index (κ3) is 2.99. The zero-order valence-corrected chi connectivity index (χ0v) is 7.98. The van der Waals surface area contributed by atoms with Crippen LogP contribution in [0.15, 0.2) is 0 Å². The third-order valence-corrected chi connectivity index (χ3v) is 2.43. The minimum Gasteiger partial charge on any atom is -0.369 e. The van der Waals surface area contributed by atoms with Gasteiger partial charge in [0.25, 0.3) is 0 Å². The highest BCUT2D eigenvalue weighted by molar-refractivity contribution is 5.85. The second-order valence-corrected chi connectivity index (χ2v) is 3.31. The Morgan fingerprint density at radius 2 is 1.75 bits per heavy atom. The Morgan fingerprint density at radius 3 is 2.33 bits per heavy atom. The number of carbonyl (C=O) groups excluding carboxylic acids is 1. The van der Waals surface area contributed by atoms with Crippen LogP contribution in [-0.2, 0) is 4.79 Å². The van der Waals surface area contributed by atoms with Gasteiger partial charge in [-0.25, -0.2) is 0 Å². The summed E-state index contributed by atoms with van der Waals surface area (Å²) >= 11 is 0. The number of carbonyl (C=O) groups is 1. The van der Waals surface area contributed by atoms with Crippen LogP contribution in [0.1, 0.15) is 32.1 Å². The van der Waals surface area contributed by atoms with Crippen molar-refractivity contribution in [1.29, 1.82) is 0 Å². The average Bonchev–Trinajstić information content (AvgIpc) is 2.13. The summed E-state index contributed by atoms with van der Waals surface area (Å²) in [7, 11) is 0. The fourth-order valence-electron chi connectivity index (χ4n) is 1.69. The monoisotopic (exact) mass is 192 g/mol. The Hall–Kier alpha value is -0.280. The molecule has 0 aliphatic heterocycles. The molecule has 12 heavy (non-hydrogen) atoms. The molecule has 1 fully saturated rings. The first-order valence-corrected chi connectivity index (χ1v) is 4.26. The molecular formula is C8H17ClN2O. The van der Waals surface area contributed by atoms with Gasteiger partial charge in [-0.05, 0) is 12.8 Å². The lowest BCUT2D eigenvalue weighted by Gasteiger charge is -2.16. The molecule has 2 unspecified atom stereocenters. The molecule has 4 heteroatoms. The highest BCUT2D eigenvalue weighted by Crippen LogP contribution is 2.21. The zero-order chi connectivity index (χ0) is 8.27. The Balaban J connectivity index is 0.00000121. The molecule has 1 aliphatic carbocycles. The van der Waals surface area contributed by atoms with Crippen molar-refractivity contribution >= 4 is 18.3 Å². The predicted molar refractivity (Wildman–Crippen MR) is 51.0 cm³/mol. The summed E-state index contributed by atoms with van der Waals surface area (Å²) in [5.74, 6) is -0.295. The first-order chi connectivity index (χ1) is 5.22. The topological polar surface area (TPSA) is 69.1 Å². The number of halogens is 1. The van der Waals surface area contributed by atoms with Gasteiger partial charge >= 0.3 is 0 Å². The molecule has 2 atom stereocenters. The Kier molecular flexibility index (Phi) is 5.25. The van der Waals surface area contributed by atoms with Gasteiger partial charge in [0.1, 0.15) is 0 Å². The van der Waals surface area contributed by atoms with Gasteiger partial charge in [0.15, 0.2) is 0 Å². The largest absolute Gasteiger partial charge is 0.369 e. The van der Waals surface area contributed by atoms with Crippen LogP contribution in [-0.4, -0.2) is 11.9 Å². The molecule has 0 aromatic rings. The van der Waals surface area contributed by atoms with Crippen LogP contribution in [0.4, 0.5) is 0 Å². The first-order valence-electron chi connectivity index (χ1n) is 4.26. The molecule has 0 spiro atoms. The van der Waals surface area contributed by atoms with Gasteiger partial charge in [-0.1, -0.05) is 19.3 Å². The van der Waals surface area contributed by atoms with E-state index in [4.69, 9.17) is 11.5 Å². The predicted octanol–water partition coefficient (Wildman–Crippen LogP) is 0.801. The van der Waals surface area contributed by atoms with E-state index in [0.29, 0.717) is 0 Å². The normalized spacial score (nSPS) is 30.1. The number of hydrogen-bond donors (Lipinski definition) is 2. The van der Waals surface area contributed by atoms with Crippen molar-refractivity contribution in [2.75, 3.05) is 0 Å². The number of nitrogens with two attached hydrogens (primary N) is 2. The summed E-state index contributed by atoms with van der Waals surface area (Å²) < 4.78 is 0. The van der Waals surface area contributed by atoms with E-state index in [2.05, 4.69) is 0 Å². The van der Waals surface area contributed by atoms with Crippen LogP contribution in [0, 0.1) is 5.92 Å². The molecule has 0 heterocycles. The van der Waals surface area contributed by atoms with Gasteiger partial charge in [0.05, 0.1) is 5.92 Å². The third-order valence-electron chi connectivity index (χ3n) is 2.43. The van der Waals surface area contributed by atoms with Crippen molar-refractivity contribution in [3.63, 3.8) is 0 Å². The van der Waals surface area contributed by atoms with Crippen LogP contribution in [0.25, 0.3) is 0 Å². The first kappa shape index (κ1) is 11.7. The molecular weight excluding hydrogens is 176 g/mol. The SMILES string of the molecule is Cl.NC(=O)C1CCCCCC1N. The van der Waals surface area contributed by atoms with E-state index in [1.54, 1.807) is 0 Å². The lowest BCUT2D eigenvalue weighted by atomic mass is 9.95. The molecule has 0 bridgehead atoms. The van der Waals surface area contributed by atoms with Crippen molar-refractivity contribution in [3.8, 4) is 0 Å². The van der Waals surface area contributed by atoms with E-state index >= 15 is 0 Å². The molecule has 0 aromatic heterocycles. The van der Waals surface area contributed by atoms with Crippen LogP contribution in [0.3, 0.4) is 0 Å². The number of amides is 1. The summed E-state index contributed by atoms with van der Waals surface area (Å²) in [6.45, 7) is 0. The zero-order valence-electron chi connectivity index (χ0n) is 7.16. The van der Waals surface area contributed by atoms with Crippen molar-refractivity contribution in [1.82, 2.24) is 0 Å². The van der Waals surface area contributed by atoms with Crippen molar-refractivity contribution in [2.45, 2.75) is 38.1 Å². The second kappa shape index (κ2) is 5.38. The van der Waals surface area contributed by atoms with Crippen LogP contribution >= 0.6 is 12.4 Å². The minimum atomic E-state index is -0.223. The molecule has 3 nitrogen and oxygen atoms in total. The number of primary amides is 1. The molecule has 1 amide bonds. The van der Waals surface area contributed by atoms with E-state index in [9.17, 15) is 4.79 Å². The van der Waals surface area contributed by atoms with Crippen molar-refractivity contribution in [3.05, 3.63) is 0 Å². The molecule has 4 N–H and O–H groups in total. The summed E-state index contributed by atoms with van der Waals surface area (Å²) in [6.07, 6.45) is 5.27. The second-order valence-electron chi connectivity index (χ2n) is 3.31. The van der Waals surface area contributed by atoms with E-state index < -0.39 is 0 Å². The van der Waals surface area contributed by atoms with Crippen molar-refractivity contribution < 1.29 is 4.79 Å². The number of rotatable bonds is 1. The minimum absolute atomic E-state index is 0. The average molecular weight is 193 g/mol. The van der Waals surface area contributed by atoms with Gasteiger partial charge < -0.3 is 11.5 Å². The maximum absolute atomic E-state index is 10.9. The Labute approximate surface area is 79.3 Å². The summed E-state index contributed by atoms with van der Waals surface area (Å²) in [4.78, 5) is 10.9. The highest BCUT2D eigenvalue weighted by Gasteiger charge is 2.24. The standard InChI is InChI=1S/C8H16N2O.ClH/c9-7-5-3-1-2-4-6(7)8(10)11;/h6-7H,1-5,9H2,(H2,10,11);1H. The van der Waals surface area contributed by atoms with Gasteiger partial charge in [0, 0.05) is 6.04 Å². The summed E-state index contributed by atoms with van der Waals surface area (Å²) in [5, 5.41) is 0. The summed E-state index contributed by atoms with van der Waals surface area (Å²) in [5.41, 5.74) is 11.0. The van der Waals surface area contributed by atoms with Gasteiger partial charge in [-0.15, -0.1) is 12.4 Å². The van der Waals surface area contributed by atoms with Crippen LogP contribution in [0.5, 0.6) is 0 Å². The smallest absolute Gasteiger partial charge is 0.222 e. The molecule has 1 aliphatic rings. The van der Waals surface area contributed by atoms with E-state index in [1.165, 1.54) is 6.42 Å². The van der Waals surface area contributed by atoms with Crippen molar-refractivity contribution in [2.24, 2.45) is 17.4 Å². The fraction of sp³-hybridized carbons (Fsp3) is 0.875. The van der Waals surface area contributed by atoms with E-state index in [0.717, 1.165) is 25.7 Å². The highest BCUT2D eigenvalue weighted by atomic mass is 35.5. The maximum Gasteiger partial charge on any atom is 0.222 e. The van der Waals surface area contributed by atoms with Crippen LogP contribution < -0.4 is 11.5 Å². The quantitative estimate of drug-likeness (QED) is 0.604. The molecule has 0 saturated heterocycles. The molecule has 0 radical (unpaired) electrons. The van der Waals surface area contributed by atoms with Crippen LogP contribution in [0.2, 0.25) is 0 Å². The molecule has 1 rings (SSSR count). The van der Waals surface area contributed by atoms with Gasteiger partial charge in [-0.3, -0.25) is 4.79 Å².